The van der Waals surface area contributed by atoms with E-state index in [1.807, 2.05) is 0 Å². The number of hydrazine groups is 1. The molecule has 3 rings (SSSR count). The third-order valence-electron chi connectivity index (χ3n) is 4.07. The number of esters is 1. The Bertz CT molecular complexity index is 784. The van der Waals surface area contributed by atoms with E-state index >= 15 is 0 Å². The minimum Gasteiger partial charge on any atom is -0.465 e. The van der Waals surface area contributed by atoms with Crippen LogP contribution in [-0.2, 0) is 19.1 Å². The van der Waals surface area contributed by atoms with Crippen molar-refractivity contribution in [1.82, 2.24) is 10.9 Å². The molecule has 2 aliphatic rings. The van der Waals surface area contributed by atoms with E-state index in [2.05, 4.69) is 10.9 Å². The van der Waals surface area contributed by atoms with Crippen LogP contribution in [0, 0.1) is 10.1 Å². The minimum atomic E-state index is -0.955. The first kappa shape index (κ1) is 17.1. The number of hydrogen-bond acceptors (Lipinski definition) is 8. The highest BCUT2D eigenvalue weighted by atomic mass is 16.6. The Hall–Kier alpha value is -2.78. The second-order valence-corrected chi connectivity index (χ2v) is 5.90. The van der Waals surface area contributed by atoms with Gasteiger partial charge in [-0.05, 0) is 19.4 Å². The Morgan fingerprint density at radius 3 is 2.80 bits per heavy atom. The fraction of sp³-hybridized carbons (Fsp3) is 0.375. The molecule has 0 radical (unpaired) electrons. The summed E-state index contributed by atoms with van der Waals surface area (Å²) in [4.78, 5) is 35.4. The van der Waals surface area contributed by atoms with Crippen molar-refractivity contribution in [1.29, 1.82) is 0 Å². The third-order valence-corrected chi connectivity index (χ3v) is 4.07. The molecule has 2 atom stereocenters. The number of carbonyl (C=O) groups is 2. The zero-order valence-electron chi connectivity index (χ0n) is 13.7. The maximum Gasteiger partial charge on any atom is 0.329 e. The maximum absolute atomic E-state index is 12.7. The largest absolute Gasteiger partial charge is 0.465 e. The molecule has 132 valence electrons. The lowest BCUT2D eigenvalue weighted by atomic mass is 9.93. The number of benzene rings is 1. The number of carbonyl (C=O) groups excluding carboxylic acids is 2. The minimum absolute atomic E-state index is 0.139. The van der Waals surface area contributed by atoms with Crippen LogP contribution in [0.3, 0.4) is 0 Å². The van der Waals surface area contributed by atoms with Crippen molar-refractivity contribution in [2.45, 2.75) is 25.5 Å². The van der Waals surface area contributed by atoms with Gasteiger partial charge in [-0.2, -0.15) is 0 Å². The van der Waals surface area contributed by atoms with E-state index in [0.717, 1.165) is 0 Å². The van der Waals surface area contributed by atoms with Gasteiger partial charge in [-0.25, -0.2) is 10.2 Å². The highest BCUT2D eigenvalue weighted by Gasteiger charge is 2.51. The molecule has 2 aliphatic heterocycles. The molecule has 1 saturated heterocycles. The molecule has 9 heteroatoms. The number of non-ortho nitro benzene ring substituents is 1. The lowest BCUT2D eigenvalue weighted by Crippen LogP contribution is -2.40. The van der Waals surface area contributed by atoms with Gasteiger partial charge in [0.25, 0.3) is 5.69 Å². The number of epoxide rings is 1. The first-order valence-corrected chi connectivity index (χ1v) is 7.73. The fourth-order valence-electron chi connectivity index (χ4n) is 2.61. The summed E-state index contributed by atoms with van der Waals surface area (Å²) >= 11 is 0. The average Bonchev–Trinajstić information content (AvgIpc) is 3.19. The highest BCUT2D eigenvalue weighted by molar-refractivity contribution is 6.12. The lowest BCUT2D eigenvalue weighted by Gasteiger charge is -2.13. The number of ether oxygens (including phenoxy) is 2. The fourth-order valence-corrected chi connectivity index (χ4v) is 2.61. The molecule has 0 aliphatic carbocycles. The van der Waals surface area contributed by atoms with Gasteiger partial charge in [-0.1, -0.05) is 12.1 Å². The van der Waals surface area contributed by atoms with E-state index in [1.165, 1.54) is 18.2 Å². The van der Waals surface area contributed by atoms with Crippen LogP contribution in [0.2, 0.25) is 0 Å². The van der Waals surface area contributed by atoms with Crippen LogP contribution in [0.1, 0.15) is 19.4 Å². The number of nitrogens with zero attached hydrogens (tertiary/aromatic N) is 1. The molecule has 1 fully saturated rings. The third kappa shape index (κ3) is 3.11. The van der Waals surface area contributed by atoms with Crippen molar-refractivity contribution in [2.24, 2.45) is 0 Å². The van der Waals surface area contributed by atoms with Gasteiger partial charge < -0.3 is 14.9 Å². The Labute approximate surface area is 143 Å². The Morgan fingerprint density at radius 1 is 1.48 bits per heavy atom. The van der Waals surface area contributed by atoms with Gasteiger partial charge in [0.05, 0.1) is 18.1 Å². The van der Waals surface area contributed by atoms with Gasteiger partial charge >= 0.3 is 5.97 Å². The van der Waals surface area contributed by atoms with Gasteiger partial charge in [-0.15, -0.1) is 0 Å². The van der Waals surface area contributed by atoms with E-state index in [1.54, 1.807) is 19.9 Å². The lowest BCUT2D eigenvalue weighted by molar-refractivity contribution is -0.384. The summed E-state index contributed by atoms with van der Waals surface area (Å²) < 4.78 is 10.2. The van der Waals surface area contributed by atoms with Crippen LogP contribution in [0.4, 0.5) is 5.69 Å². The number of Topliss-reactive ketones (excluding diaryl/α,β-unsaturated/α-hetero) is 1. The van der Waals surface area contributed by atoms with Gasteiger partial charge in [-0.3, -0.25) is 14.9 Å². The van der Waals surface area contributed by atoms with Crippen molar-refractivity contribution in [3.8, 4) is 0 Å². The normalized spacial score (nSPS) is 24.6. The molecule has 0 saturated carbocycles. The topological polar surface area (TPSA) is 123 Å². The number of nitro groups is 1. The van der Waals surface area contributed by atoms with E-state index in [4.69, 9.17) is 9.47 Å². The first-order chi connectivity index (χ1) is 11.9. The molecule has 0 spiro atoms. The summed E-state index contributed by atoms with van der Waals surface area (Å²) in [5.74, 6) is -0.908. The second kappa shape index (κ2) is 6.26. The molecule has 0 bridgehead atoms. The number of rotatable bonds is 6. The molecular formula is C16H17N3O6. The summed E-state index contributed by atoms with van der Waals surface area (Å²) in [5.41, 5.74) is 5.21. The average molecular weight is 347 g/mol. The molecule has 0 amide bonds. The summed E-state index contributed by atoms with van der Waals surface area (Å²) in [6.07, 6.45) is 0. The van der Waals surface area contributed by atoms with Crippen LogP contribution in [0.15, 0.2) is 30.0 Å². The first-order valence-electron chi connectivity index (χ1n) is 7.73. The number of nitro benzene ring substituents is 1. The molecular weight excluding hydrogens is 330 g/mol. The Balaban J connectivity index is 2.08. The molecule has 1 aromatic rings. The van der Waals surface area contributed by atoms with Gasteiger partial charge in [0.15, 0.2) is 11.6 Å². The maximum atomic E-state index is 12.7. The van der Waals surface area contributed by atoms with Crippen molar-refractivity contribution in [2.75, 3.05) is 13.2 Å². The molecule has 2 N–H and O–H groups in total. The predicted molar refractivity (Wildman–Crippen MR) is 86.1 cm³/mol. The van der Waals surface area contributed by atoms with Crippen molar-refractivity contribution >= 4 is 23.0 Å². The summed E-state index contributed by atoms with van der Waals surface area (Å²) in [6, 6.07) is 4.81. The van der Waals surface area contributed by atoms with Gasteiger partial charge in [0.2, 0.25) is 5.78 Å². The molecule has 0 unspecified atom stereocenters. The summed E-state index contributed by atoms with van der Waals surface area (Å²) in [6.45, 7) is 3.77. The van der Waals surface area contributed by atoms with Crippen LogP contribution in [0.5, 0.6) is 0 Å². The van der Waals surface area contributed by atoms with E-state index < -0.39 is 22.5 Å². The highest BCUT2D eigenvalue weighted by Crippen LogP contribution is 2.35. The van der Waals surface area contributed by atoms with Crippen LogP contribution in [0.25, 0.3) is 5.57 Å². The van der Waals surface area contributed by atoms with Crippen molar-refractivity contribution < 1.29 is 24.0 Å². The van der Waals surface area contributed by atoms with Crippen LogP contribution in [-0.4, -0.2) is 41.5 Å². The van der Waals surface area contributed by atoms with Gasteiger partial charge in [0, 0.05) is 17.7 Å². The molecule has 0 aromatic heterocycles. The van der Waals surface area contributed by atoms with Crippen LogP contribution >= 0.6 is 0 Å². The predicted octanol–water partition coefficient (Wildman–Crippen LogP) is 0.703. The molecule has 1 aromatic carbocycles. The van der Waals surface area contributed by atoms with E-state index in [-0.39, 0.29) is 30.4 Å². The molecule has 25 heavy (non-hydrogen) atoms. The second-order valence-electron chi connectivity index (χ2n) is 5.90. The van der Waals surface area contributed by atoms with Crippen molar-refractivity contribution in [3.05, 3.63) is 45.6 Å². The van der Waals surface area contributed by atoms with E-state index in [0.29, 0.717) is 11.1 Å². The van der Waals surface area contributed by atoms with Crippen LogP contribution < -0.4 is 10.9 Å². The van der Waals surface area contributed by atoms with Gasteiger partial charge in [0.1, 0.15) is 5.70 Å². The zero-order chi connectivity index (χ0) is 18.2. The summed E-state index contributed by atoms with van der Waals surface area (Å²) in [5, 5.41) is 11.1. The number of ketones is 1. The standard InChI is InChI=1S/C16H17N3O6/c1-3-24-15(21)13-11(9-5-4-6-10(7-9)19(22)23)12(17-18-13)14(20)16(2)8-25-16/h4-7,13,17-18H,3,8H2,1-2H3/t13-,16+/m1/s1. The molecule has 9 nitrogen and oxygen atoms in total. The Kier molecular flexibility index (Phi) is 4.27. The number of hydrogen-bond donors (Lipinski definition) is 2. The zero-order valence-corrected chi connectivity index (χ0v) is 13.7. The summed E-state index contributed by atoms with van der Waals surface area (Å²) in [7, 11) is 0. The smallest absolute Gasteiger partial charge is 0.329 e. The number of nitrogens with one attached hydrogen (secondary N) is 2. The quantitative estimate of drug-likeness (QED) is 0.334. The monoisotopic (exact) mass is 347 g/mol. The van der Waals surface area contributed by atoms with E-state index in [9.17, 15) is 19.7 Å². The van der Waals surface area contributed by atoms with Crippen molar-refractivity contribution in [3.63, 3.8) is 0 Å². The molecule has 2 heterocycles. The SMILES string of the molecule is CCOC(=O)[C@@H]1NNC(C(=O)[C@]2(C)CO2)=C1c1cccc([N+](=O)[O-])c1. The Morgan fingerprint density at radius 2 is 2.20 bits per heavy atom.